The van der Waals surface area contributed by atoms with Crippen molar-refractivity contribution in [1.29, 1.82) is 0 Å². The highest BCUT2D eigenvalue weighted by atomic mass is 16.5. The van der Waals surface area contributed by atoms with Gasteiger partial charge in [0.25, 0.3) is 11.8 Å². The first-order valence-electron chi connectivity index (χ1n) is 7.42. The van der Waals surface area contributed by atoms with Gasteiger partial charge in [0, 0.05) is 6.07 Å². The summed E-state index contributed by atoms with van der Waals surface area (Å²) in [4.78, 5) is 15.9. The SMILES string of the molecule is Cc1cc(OCC(=O)N[C@@H](C)c2ccc(-n3cncn3)cc2)no1. The highest BCUT2D eigenvalue weighted by Crippen LogP contribution is 2.15. The van der Waals surface area contributed by atoms with E-state index in [0.717, 1.165) is 11.3 Å². The molecule has 1 atom stereocenters. The van der Waals surface area contributed by atoms with Gasteiger partial charge in [-0.2, -0.15) is 5.10 Å². The lowest BCUT2D eigenvalue weighted by Gasteiger charge is -2.14. The second-order valence-corrected chi connectivity index (χ2v) is 5.29. The number of benzene rings is 1. The molecule has 1 N–H and O–H groups in total. The average Bonchev–Trinajstić information content (AvgIpc) is 3.25. The quantitative estimate of drug-likeness (QED) is 0.742. The van der Waals surface area contributed by atoms with Gasteiger partial charge in [-0.1, -0.05) is 12.1 Å². The number of aromatic nitrogens is 4. The van der Waals surface area contributed by atoms with Gasteiger partial charge >= 0.3 is 0 Å². The number of ether oxygens (including phenoxy) is 1. The molecule has 8 nitrogen and oxygen atoms in total. The van der Waals surface area contributed by atoms with Crippen molar-refractivity contribution in [1.82, 2.24) is 25.2 Å². The fourth-order valence-corrected chi connectivity index (χ4v) is 2.17. The molecule has 0 aliphatic rings. The third kappa shape index (κ3) is 3.78. The van der Waals surface area contributed by atoms with Gasteiger partial charge < -0.3 is 14.6 Å². The summed E-state index contributed by atoms with van der Waals surface area (Å²) in [6.45, 7) is 3.54. The van der Waals surface area contributed by atoms with Gasteiger partial charge in [0.05, 0.1) is 11.7 Å². The van der Waals surface area contributed by atoms with E-state index in [1.807, 2.05) is 31.2 Å². The number of carbonyl (C=O) groups excluding carboxylic acids is 1. The molecule has 3 rings (SSSR count). The van der Waals surface area contributed by atoms with Crippen LogP contribution in [0, 0.1) is 6.92 Å². The van der Waals surface area contributed by atoms with Crippen LogP contribution in [-0.2, 0) is 4.79 Å². The Morgan fingerprint density at radius 2 is 2.17 bits per heavy atom. The summed E-state index contributed by atoms with van der Waals surface area (Å²) in [5.74, 6) is 0.697. The van der Waals surface area contributed by atoms with Crippen LogP contribution in [0.1, 0.15) is 24.3 Å². The Labute approximate surface area is 138 Å². The molecule has 0 spiro atoms. The summed E-state index contributed by atoms with van der Waals surface area (Å²) in [6, 6.07) is 9.18. The average molecular weight is 327 g/mol. The summed E-state index contributed by atoms with van der Waals surface area (Å²) >= 11 is 0. The minimum absolute atomic E-state index is 0.118. The van der Waals surface area contributed by atoms with Gasteiger partial charge in [0.1, 0.15) is 18.4 Å². The first-order valence-corrected chi connectivity index (χ1v) is 7.42. The number of amides is 1. The maximum Gasteiger partial charge on any atom is 0.258 e. The van der Waals surface area contributed by atoms with E-state index in [1.54, 1.807) is 24.0 Å². The number of rotatable bonds is 6. The van der Waals surface area contributed by atoms with Crippen molar-refractivity contribution in [3.8, 4) is 11.6 Å². The molecule has 0 unspecified atom stereocenters. The largest absolute Gasteiger partial charge is 0.465 e. The van der Waals surface area contributed by atoms with Crippen LogP contribution < -0.4 is 10.1 Å². The van der Waals surface area contributed by atoms with Crippen molar-refractivity contribution in [2.24, 2.45) is 0 Å². The van der Waals surface area contributed by atoms with E-state index in [4.69, 9.17) is 9.26 Å². The molecule has 0 aliphatic heterocycles. The van der Waals surface area contributed by atoms with E-state index in [2.05, 4.69) is 20.6 Å². The zero-order valence-corrected chi connectivity index (χ0v) is 13.3. The van der Waals surface area contributed by atoms with Crippen LogP contribution in [-0.4, -0.2) is 32.4 Å². The van der Waals surface area contributed by atoms with Crippen LogP contribution in [0.25, 0.3) is 5.69 Å². The zero-order chi connectivity index (χ0) is 16.9. The molecule has 3 aromatic rings. The first kappa shape index (κ1) is 15.7. The third-order valence-electron chi connectivity index (χ3n) is 3.41. The summed E-state index contributed by atoms with van der Waals surface area (Å²) in [5, 5.41) is 10.6. The number of hydrogen-bond acceptors (Lipinski definition) is 6. The maximum absolute atomic E-state index is 11.9. The predicted octanol–water partition coefficient (Wildman–Crippen LogP) is 1.82. The van der Waals surface area contributed by atoms with E-state index in [0.29, 0.717) is 11.6 Å². The van der Waals surface area contributed by atoms with Crippen LogP contribution in [0.3, 0.4) is 0 Å². The lowest BCUT2D eigenvalue weighted by molar-refractivity contribution is -0.123. The van der Waals surface area contributed by atoms with Gasteiger partial charge in [-0.3, -0.25) is 4.79 Å². The Morgan fingerprint density at radius 1 is 1.38 bits per heavy atom. The molecule has 0 radical (unpaired) electrons. The molecule has 1 amide bonds. The monoisotopic (exact) mass is 327 g/mol. The van der Waals surface area contributed by atoms with Crippen LogP contribution in [0.2, 0.25) is 0 Å². The van der Waals surface area contributed by atoms with Crippen molar-refractivity contribution in [2.45, 2.75) is 19.9 Å². The molecule has 0 saturated heterocycles. The number of nitrogens with zero attached hydrogens (tertiary/aromatic N) is 4. The Morgan fingerprint density at radius 3 is 2.79 bits per heavy atom. The van der Waals surface area contributed by atoms with Crippen molar-refractivity contribution in [3.63, 3.8) is 0 Å². The predicted molar refractivity (Wildman–Crippen MR) is 84.7 cm³/mol. The van der Waals surface area contributed by atoms with Crippen molar-refractivity contribution < 1.29 is 14.1 Å². The highest BCUT2D eigenvalue weighted by molar-refractivity contribution is 5.77. The maximum atomic E-state index is 11.9. The van der Waals surface area contributed by atoms with Gasteiger partial charge in [-0.15, -0.1) is 0 Å². The third-order valence-corrected chi connectivity index (χ3v) is 3.41. The molecule has 0 bridgehead atoms. The van der Waals surface area contributed by atoms with E-state index in [9.17, 15) is 4.79 Å². The molecule has 2 heterocycles. The summed E-state index contributed by atoms with van der Waals surface area (Å²) in [5.41, 5.74) is 1.88. The van der Waals surface area contributed by atoms with E-state index in [-0.39, 0.29) is 18.6 Å². The minimum Gasteiger partial charge on any atom is -0.465 e. The van der Waals surface area contributed by atoms with E-state index < -0.39 is 0 Å². The van der Waals surface area contributed by atoms with Crippen molar-refractivity contribution in [3.05, 3.63) is 54.3 Å². The molecule has 0 saturated carbocycles. The van der Waals surface area contributed by atoms with Crippen molar-refractivity contribution >= 4 is 5.91 Å². The summed E-state index contributed by atoms with van der Waals surface area (Å²) < 4.78 is 11.8. The van der Waals surface area contributed by atoms with Gasteiger partial charge in [-0.05, 0) is 36.7 Å². The minimum atomic E-state index is -0.233. The lowest BCUT2D eigenvalue weighted by atomic mass is 10.1. The smallest absolute Gasteiger partial charge is 0.258 e. The Balaban J connectivity index is 1.54. The number of carbonyl (C=O) groups is 1. The lowest BCUT2D eigenvalue weighted by Crippen LogP contribution is -2.31. The van der Waals surface area contributed by atoms with Crippen LogP contribution in [0.15, 0.2) is 47.5 Å². The van der Waals surface area contributed by atoms with E-state index >= 15 is 0 Å². The normalized spacial score (nSPS) is 11.9. The van der Waals surface area contributed by atoms with Crippen LogP contribution >= 0.6 is 0 Å². The molecule has 8 heteroatoms. The first-order chi connectivity index (χ1) is 11.6. The molecular formula is C16H17N5O3. The number of hydrogen-bond donors (Lipinski definition) is 1. The molecule has 2 aromatic heterocycles. The van der Waals surface area contributed by atoms with Gasteiger partial charge in [0.2, 0.25) is 0 Å². The van der Waals surface area contributed by atoms with Gasteiger partial charge in [-0.25, -0.2) is 9.67 Å². The van der Waals surface area contributed by atoms with Gasteiger partial charge in [0.15, 0.2) is 6.61 Å². The Bertz CT molecular complexity index is 795. The van der Waals surface area contributed by atoms with Crippen molar-refractivity contribution in [2.75, 3.05) is 6.61 Å². The fraction of sp³-hybridized carbons (Fsp3) is 0.250. The molecule has 0 aliphatic carbocycles. The standard InChI is InChI=1S/C16H17N5O3/c1-11-7-16(20-24-11)23-8-15(22)19-12(2)13-3-5-14(6-4-13)21-10-17-9-18-21/h3-7,9-10,12H,8H2,1-2H3,(H,19,22)/t12-/m0/s1. The number of aryl methyl sites for hydroxylation is 1. The Kier molecular flexibility index (Phi) is 4.55. The zero-order valence-electron chi connectivity index (χ0n) is 13.3. The topological polar surface area (TPSA) is 95.1 Å². The second-order valence-electron chi connectivity index (χ2n) is 5.29. The summed E-state index contributed by atoms with van der Waals surface area (Å²) in [7, 11) is 0. The highest BCUT2D eigenvalue weighted by Gasteiger charge is 2.11. The Hall–Kier alpha value is -3.16. The molecule has 124 valence electrons. The second kappa shape index (κ2) is 6.95. The molecular weight excluding hydrogens is 310 g/mol. The van der Waals surface area contributed by atoms with Crippen LogP contribution in [0.4, 0.5) is 0 Å². The molecule has 1 aromatic carbocycles. The fourth-order valence-electron chi connectivity index (χ4n) is 2.17. The molecule has 0 fully saturated rings. The van der Waals surface area contributed by atoms with E-state index in [1.165, 1.54) is 6.33 Å². The summed E-state index contributed by atoms with van der Waals surface area (Å²) in [6.07, 6.45) is 3.11. The molecule has 24 heavy (non-hydrogen) atoms. The number of nitrogens with one attached hydrogen (secondary N) is 1. The van der Waals surface area contributed by atoms with Crippen LogP contribution in [0.5, 0.6) is 5.88 Å².